The molecule has 1 heterocycles. The molecule has 3 nitrogen and oxygen atoms in total. The van der Waals surface area contributed by atoms with Crippen molar-refractivity contribution in [2.75, 3.05) is 19.8 Å². The van der Waals surface area contributed by atoms with Crippen LogP contribution in [0.15, 0.2) is 84.9 Å². The Morgan fingerprint density at radius 1 is 0.903 bits per heavy atom. The summed E-state index contributed by atoms with van der Waals surface area (Å²) in [6, 6.07) is 27.0. The van der Waals surface area contributed by atoms with E-state index in [1.807, 2.05) is 42.5 Å². The van der Waals surface area contributed by atoms with E-state index >= 15 is 0 Å². The van der Waals surface area contributed by atoms with Gasteiger partial charge in [-0.25, -0.2) is 4.39 Å². The normalized spacial score (nSPS) is 15.5. The maximum absolute atomic E-state index is 13.9. The van der Waals surface area contributed by atoms with Gasteiger partial charge >= 0.3 is 0 Å². The number of amides is 1. The van der Waals surface area contributed by atoms with Gasteiger partial charge in [-0.05, 0) is 41.7 Å². The van der Waals surface area contributed by atoms with Crippen molar-refractivity contribution in [1.29, 1.82) is 0 Å². The van der Waals surface area contributed by atoms with Gasteiger partial charge in [0, 0.05) is 37.5 Å². The number of ether oxygens (including phenoxy) is 1. The Bertz CT molecular complexity index is 945. The molecule has 1 saturated heterocycles. The molecule has 0 unspecified atom stereocenters. The summed E-state index contributed by atoms with van der Waals surface area (Å²) < 4.78 is 19.5. The summed E-state index contributed by atoms with van der Waals surface area (Å²) in [5.41, 5.74) is 2.87. The van der Waals surface area contributed by atoms with E-state index in [9.17, 15) is 9.18 Å². The van der Waals surface area contributed by atoms with E-state index in [1.165, 1.54) is 6.07 Å². The number of carbonyl (C=O) groups excluding carboxylic acids is 1. The van der Waals surface area contributed by atoms with E-state index in [4.69, 9.17) is 4.74 Å². The van der Waals surface area contributed by atoms with Crippen molar-refractivity contribution in [2.45, 2.75) is 30.6 Å². The summed E-state index contributed by atoms with van der Waals surface area (Å²) in [7, 11) is 0. The number of nitrogens with one attached hydrogen (secondary N) is 1. The van der Waals surface area contributed by atoms with E-state index in [0.29, 0.717) is 26.2 Å². The molecule has 3 aromatic rings. The maximum atomic E-state index is 13.9. The molecule has 1 fully saturated rings. The second kappa shape index (κ2) is 9.88. The molecule has 1 aliphatic rings. The van der Waals surface area contributed by atoms with Gasteiger partial charge in [0.2, 0.25) is 5.91 Å². The van der Waals surface area contributed by atoms with E-state index in [2.05, 4.69) is 29.6 Å². The van der Waals surface area contributed by atoms with Crippen molar-refractivity contribution >= 4 is 5.91 Å². The maximum Gasteiger partial charge on any atom is 0.220 e. The lowest BCUT2D eigenvalue weighted by Crippen LogP contribution is -2.44. The van der Waals surface area contributed by atoms with Crippen LogP contribution in [0.25, 0.3) is 0 Å². The van der Waals surface area contributed by atoms with Crippen molar-refractivity contribution in [3.8, 4) is 0 Å². The molecule has 0 radical (unpaired) electrons. The first-order chi connectivity index (χ1) is 15.2. The molecule has 0 aromatic heterocycles. The van der Waals surface area contributed by atoms with E-state index in [0.717, 1.165) is 29.5 Å². The molecule has 1 amide bonds. The first-order valence-electron chi connectivity index (χ1n) is 10.9. The summed E-state index contributed by atoms with van der Waals surface area (Å²) in [5, 5.41) is 3.16. The van der Waals surface area contributed by atoms with Crippen molar-refractivity contribution < 1.29 is 13.9 Å². The lowest BCUT2D eigenvalue weighted by molar-refractivity contribution is -0.121. The predicted molar refractivity (Wildman–Crippen MR) is 120 cm³/mol. The van der Waals surface area contributed by atoms with E-state index < -0.39 is 0 Å². The quantitative estimate of drug-likeness (QED) is 0.573. The third kappa shape index (κ3) is 5.20. The molecule has 0 atom stereocenters. The van der Waals surface area contributed by atoms with E-state index in [1.54, 1.807) is 12.1 Å². The van der Waals surface area contributed by atoms with Crippen LogP contribution in [0.2, 0.25) is 0 Å². The van der Waals surface area contributed by atoms with Crippen LogP contribution in [0.5, 0.6) is 0 Å². The molecule has 0 bridgehead atoms. The highest BCUT2D eigenvalue weighted by atomic mass is 19.1. The average molecular weight is 418 g/mol. The van der Waals surface area contributed by atoms with Gasteiger partial charge in [-0.2, -0.15) is 0 Å². The van der Waals surface area contributed by atoms with Crippen molar-refractivity contribution in [2.24, 2.45) is 0 Å². The molecule has 0 saturated carbocycles. The van der Waals surface area contributed by atoms with Gasteiger partial charge < -0.3 is 10.1 Å². The third-order valence-corrected chi connectivity index (χ3v) is 6.30. The van der Waals surface area contributed by atoms with Crippen LogP contribution in [-0.4, -0.2) is 25.7 Å². The topological polar surface area (TPSA) is 38.3 Å². The Morgan fingerprint density at radius 2 is 1.52 bits per heavy atom. The van der Waals surface area contributed by atoms with Gasteiger partial charge in [0.05, 0.1) is 0 Å². The van der Waals surface area contributed by atoms with Gasteiger partial charge in [-0.15, -0.1) is 0 Å². The Kier molecular flexibility index (Phi) is 6.78. The summed E-state index contributed by atoms with van der Waals surface area (Å²) in [6.07, 6.45) is 1.89. The Morgan fingerprint density at radius 3 is 2.10 bits per heavy atom. The summed E-state index contributed by atoms with van der Waals surface area (Å²) in [4.78, 5) is 13.1. The molecular weight excluding hydrogens is 389 g/mol. The number of halogens is 1. The van der Waals surface area contributed by atoms with Crippen LogP contribution in [0.4, 0.5) is 4.39 Å². The Labute approximate surface area is 183 Å². The summed E-state index contributed by atoms with van der Waals surface area (Å²) in [5.74, 6) is -0.259. The number of carbonyl (C=O) groups is 1. The fourth-order valence-electron chi connectivity index (χ4n) is 4.47. The largest absolute Gasteiger partial charge is 0.381 e. The van der Waals surface area contributed by atoms with Gasteiger partial charge in [0.1, 0.15) is 5.82 Å². The molecule has 0 spiro atoms. The first-order valence-corrected chi connectivity index (χ1v) is 10.9. The van der Waals surface area contributed by atoms with Gasteiger partial charge in [0.25, 0.3) is 0 Å². The van der Waals surface area contributed by atoms with Crippen molar-refractivity contribution in [3.63, 3.8) is 0 Å². The van der Waals surface area contributed by atoms with Crippen LogP contribution >= 0.6 is 0 Å². The standard InChI is InChI=1S/C27H28FNO2/c28-24-13-7-12-23(18-24)27(14-16-31-17-15-27)20-29-26(30)19-25(21-8-3-1-4-9-21)22-10-5-2-6-11-22/h1-13,18,25H,14-17,19-20H2,(H,29,30). The zero-order valence-corrected chi connectivity index (χ0v) is 17.6. The highest BCUT2D eigenvalue weighted by Gasteiger charge is 2.35. The number of hydrogen-bond donors (Lipinski definition) is 1. The highest BCUT2D eigenvalue weighted by Crippen LogP contribution is 2.35. The zero-order valence-electron chi connectivity index (χ0n) is 17.6. The van der Waals surface area contributed by atoms with Gasteiger partial charge in [0.15, 0.2) is 0 Å². The molecule has 4 rings (SSSR count). The molecule has 0 aliphatic carbocycles. The predicted octanol–water partition coefficient (Wildman–Crippen LogP) is 5.21. The molecule has 1 aliphatic heterocycles. The average Bonchev–Trinajstić information content (AvgIpc) is 2.83. The SMILES string of the molecule is O=C(CC(c1ccccc1)c1ccccc1)NCC1(c2cccc(F)c2)CCOCC1. The van der Waals surface area contributed by atoms with Crippen LogP contribution in [0.3, 0.4) is 0 Å². The highest BCUT2D eigenvalue weighted by molar-refractivity contribution is 5.77. The number of hydrogen-bond acceptors (Lipinski definition) is 2. The van der Waals surface area contributed by atoms with Crippen LogP contribution in [-0.2, 0) is 14.9 Å². The van der Waals surface area contributed by atoms with Gasteiger partial charge in [-0.1, -0.05) is 72.8 Å². The van der Waals surface area contributed by atoms with Crippen molar-refractivity contribution in [3.05, 3.63) is 107 Å². The van der Waals surface area contributed by atoms with E-state index in [-0.39, 0.29) is 23.1 Å². The summed E-state index contributed by atoms with van der Waals surface area (Å²) >= 11 is 0. The zero-order chi connectivity index (χ0) is 21.5. The molecule has 31 heavy (non-hydrogen) atoms. The fraction of sp³-hybridized carbons (Fsp3) is 0.296. The van der Waals surface area contributed by atoms with Crippen LogP contribution in [0.1, 0.15) is 41.9 Å². The molecule has 4 heteroatoms. The molecular formula is C27H28FNO2. The minimum Gasteiger partial charge on any atom is -0.381 e. The smallest absolute Gasteiger partial charge is 0.220 e. The minimum absolute atomic E-state index is 0.0000222. The van der Waals surface area contributed by atoms with Crippen molar-refractivity contribution in [1.82, 2.24) is 5.32 Å². The molecule has 1 N–H and O–H groups in total. The lowest BCUT2D eigenvalue weighted by Gasteiger charge is -2.38. The third-order valence-electron chi connectivity index (χ3n) is 6.30. The second-order valence-electron chi connectivity index (χ2n) is 8.26. The fourth-order valence-corrected chi connectivity index (χ4v) is 4.47. The Balaban J connectivity index is 1.50. The van der Waals surface area contributed by atoms with Gasteiger partial charge in [-0.3, -0.25) is 4.79 Å². The number of rotatable bonds is 7. The lowest BCUT2D eigenvalue weighted by atomic mass is 9.74. The number of benzene rings is 3. The van der Waals surface area contributed by atoms with Crippen LogP contribution < -0.4 is 5.32 Å². The molecule has 3 aromatic carbocycles. The Hall–Kier alpha value is -2.98. The first kappa shape index (κ1) is 21.3. The minimum atomic E-state index is -0.301. The van der Waals surface area contributed by atoms with Crippen LogP contribution in [0, 0.1) is 5.82 Å². The summed E-state index contributed by atoms with van der Waals surface area (Å²) in [6.45, 7) is 1.71. The monoisotopic (exact) mass is 417 g/mol. The molecule has 160 valence electrons. The second-order valence-corrected chi connectivity index (χ2v) is 8.26.